The fraction of sp³-hybridized carbons (Fsp3) is 0. The summed E-state index contributed by atoms with van der Waals surface area (Å²) in [7, 11) is 0. The lowest BCUT2D eigenvalue weighted by Gasteiger charge is -2.14. The van der Waals surface area contributed by atoms with Gasteiger partial charge in [-0.1, -0.05) is 346 Å². The second kappa shape index (κ2) is 34.4. The highest BCUT2D eigenvalue weighted by molar-refractivity contribution is 6.23. The van der Waals surface area contributed by atoms with Gasteiger partial charge in [0.15, 0.2) is 0 Å². The molecule has 0 bridgehead atoms. The van der Waals surface area contributed by atoms with E-state index in [4.69, 9.17) is 15.0 Å². The number of rotatable bonds is 12. The fourth-order valence-corrected chi connectivity index (χ4v) is 22.6. The van der Waals surface area contributed by atoms with E-state index in [-0.39, 0.29) is 0 Å². The van der Waals surface area contributed by atoms with E-state index in [1.165, 1.54) is 181 Å². The van der Waals surface area contributed by atoms with Crippen molar-refractivity contribution >= 4 is 164 Å². The molecule has 0 spiro atoms. The number of nitrogens with zero attached hydrogens (tertiary/aromatic N) is 9. The summed E-state index contributed by atoms with van der Waals surface area (Å²) >= 11 is 0. The lowest BCUT2D eigenvalue weighted by Crippen LogP contribution is -1.97. The number of hydrogen-bond acceptors (Lipinski definition) is 3. The van der Waals surface area contributed by atoms with E-state index >= 15 is 0 Å². The van der Waals surface area contributed by atoms with Crippen molar-refractivity contribution in [3.05, 3.63) is 528 Å². The third-order valence-corrected chi connectivity index (χ3v) is 29.1. The van der Waals surface area contributed by atoms with Crippen LogP contribution in [0.1, 0.15) is 0 Å². The Morgan fingerprint density at radius 3 is 0.778 bits per heavy atom. The van der Waals surface area contributed by atoms with Crippen molar-refractivity contribution in [1.82, 2.24) is 42.4 Å². The smallest absolute Gasteiger partial charge is 0.0973 e. The number of hydrogen-bond donors (Lipinski definition) is 0. The van der Waals surface area contributed by atoms with Crippen molar-refractivity contribution in [2.75, 3.05) is 0 Å². The molecule has 144 heavy (non-hydrogen) atoms. The molecule has 22 aromatic carbocycles. The molecule has 0 aliphatic rings. The van der Waals surface area contributed by atoms with E-state index < -0.39 is 0 Å². The molecule has 672 valence electrons. The first-order chi connectivity index (χ1) is 71.4. The quantitative estimate of drug-likeness (QED) is 0.122. The standard InChI is InChI=1S/C46H30N2.C45H29N3.C44H28N4/c1-3-14-31(15-4-1)40-28-34(26-33-16-7-8-21-37(33)40)32-17-13-20-36(27-32)48-44-25-12-10-23-39(44)42-29-41-38-22-9-11-24-43(38)47(45(41)30-46(42)48)35-18-5-2-6-19-35;1-3-13-30(14-4-1)37-28-41(46-40-20-10-7-17-34(37)40)31-23-25-33(26-24-31)48-43-22-12-9-19-36(43)39-27-38-35-18-8-11-21-42(35)47(44(38)29-45(39)48)32-15-5-2-6-16-32;1-3-13-29(14-4-1)43-44(46-38-20-10-9-19-37(38)45-43)30-23-25-32(26-24-30)48-40-22-12-8-18-34(40)36-27-35-33-17-7-11-21-39(33)47(41(35)28-42(36)48)31-15-5-2-6-16-31/h1-30H;1-29H;1-28H. The van der Waals surface area contributed by atoms with Crippen molar-refractivity contribution in [2.24, 2.45) is 0 Å². The van der Waals surface area contributed by atoms with Gasteiger partial charge < -0.3 is 27.4 Å². The number of aromatic nitrogens is 9. The predicted octanol–water partition coefficient (Wildman–Crippen LogP) is 35.3. The Bertz CT molecular complexity index is 10300. The molecule has 0 radical (unpaired) electrons. The highest BCUT2D eigenvalue weighted by atomic mass is 15.0. The highest BCUT2D eigenvalue weighted by Gasteiger charge is 2.26. The summed E-state index contributed by atoms with van der Waals surface area (Å²) in [5.41, 5.74) is 37.2. The van der Waals surface area contributed by atoms with Crippen LogP contribution in [0.5, 0.6) is 0 Å². The number of fused-ring (bicyclic) bond motifs is 21. The predicted molar refractivity (Wildman–Crippen MR) is 604 cm³/mol. The zero-order chi connectivity index (χ0) is 94.8. The van der Waals surface area contributed by atoms with Gasteiger partial charge in [-0.3, -0.25) is 0 Å². The van der Waals surface area contributed by atoms with E-state index in [0.717, 1.165) is 84.1 Å². The maximum atomic E-state index is 5.14. The Balaban J connectivity index is 0.000000105. The van der Waals surface area contributed by atoms with Gasteiger partial charge in [-0.15, -0.1) is 0 Å². The molecule has 0 fully saturated rings. The average Bonchev–Trinajstić information content (AvgIpc) is 1.56. The van der Waals surface area contributed by atoms with Crippen LogP contribution in [0.4, 0.5) is 0 Å². The summed E-state index contributed by atoms with van der Waals surface area (Å²) in [5.74, 6) is 0. The van der Waals surface area contributed by atoms with Gasteiger partial charge in [0.05, 0.1) is 99.8 Å². The monoisotopic (exact) mass is 1830 g/mol. The summed E-state index contributed by atoms with van der Waals surface area (Å²) in [6, 6.07) is 189. The van der Waals surface area contributed by atoms with Gasteiger partial charge in [-0.2, -0.15) is 0 Å². The molecular weight excluding hydrogens is 1750 g/mol. The first kappa shape index (κ1) is 82.9. The van der Waals surface area contributed by atoms with Crippen molar-refractivity contribution in [1.29, 1.82) is 0 Å². The van der Waals surface area contributed by atoms with Crippen LogP contribution in [0, 0.1) is 0 Å². The Kier molecular flexibility index (Phi) is 19.8. The molecule has 0 unspecified atom stereocenters. The molecule has 0 atom stereocenters. The Hall–Kier alpha value is -19.4. The summed E-state index contributed by atoms with van der Waals surface area (Å²) in [4.78, 5) is 15.3. The van der Waals surface area contributed by atoms with Crippen LogP contribution in [0.25, 0.3) is 265 Å². The van der Waals surface area contributed by atoms with Gasteiger partial charge in [0.25, 0.3) is 0 Å². The molecule has 9 heteroatoms. The molecule has 0 amide bonds. The van der Waals surface area contributed by atoms with Crippen LogP contribution < -0.4 is 0 Å². The minimum Gasteiger partial charge on any atom is -0.309 e. The van der Waals surface area contributed by atoms with Crippen LogP contribution in [-0.2, 0) is 0 Å². The summed E-state index contributed by atoms with van der Waals surface area (Å²) in [6.07, 6.45) is 0. The molecule has 0 saturated heterocycles. The molecular formula is C135H87N9. The fourth-order valence-electron chi connectivity index (χ4n) is 22.6. The molecule has 0 saturated carbocycles. The molecule has 8 aromatic heterocycles. The van der Waals surface area contributed by atoms with Crippen LogP contribution in [0.2, 0.25) is 0 Å². The first-order valence-corrected chi connectivity index (χ1v) is 49.2. The van der Waals surface area contributed by atoms with Gasteiger partial charge in [0.2, 0.25) is 0 Å². The van der Waals surface area contributed by atoms with Gasteiger partial charge in [0.1, 0.15) is 0 Å². The lowest BCUT2D eigenvalue weighted by molar-refractivity contribution is 1.16. The zero-order valence-corrected chi connectivity index (χ0v) is 78.3. The van der Waals surface area contributed by atoms with Crippen LogP contribution in [0.15, 0.2) is 528 Å². The van der Waals surface area contributed by atoms with Crippen LogP contribution >= 0.6 is 0 Å². The first-order valence-electron chi connectivity index (χ1n) is 49.2. The third-order valence-electron chi connectivity index (χ3n) is 29.1. The normalized spacial score (nSPS) is 11.8. The molecule has 8 heterocycles. The van der Waals surface area contributed by atoms with E-state index in [2.05, 4.69) is 525 Å². The number of para-hydroxylation sites is 12. The van der Waals surface area contributed by atoms with Crippen LogP contribution in [-0.4, -0.2) is 42.4 Å². The van der Waals surface area contributed by atoms with Crippen molar-refractivity contribution in [3.8, 4) is 101 Å². The van der Waals surface area contributed by atoms with E-state index in [0.29, 0.717) is 0 Å². The summed E-state index contributed by atoms with van der Waals surface area (Å²) in [6.45, 7) is 0. The number of benzene rings is 22. The third kappa shape index (κ3) is 13.9. The topological polar surface area (TPSA) is 68.2 Å². The van der Waals surface area contributed by atoms with E-state index in [1.54, 1.807) is 0 Å². The Morgan fingerprint density at radius 1 is 0.125 bits per heavy atom. The largest absolute Gasteiger partial charge is 0.309 e. The molecule has 30 aromatic rings. The second-order valence-electron chi connectivity index (χ2n) is 37.3. The van der Waals surface area contributed by atoms with E-state index in [1.807, 2.05) is 30.3 Å². The number of pyridine rings is 1. The van der Waals surface area contributed by atoms with Gasteiger partial charge in [-0.25, -0.2) is 15.0 Å². The second-order valence-corrected chi connectivity index (χ2v) is 37.3. The van der Waals surface area contributed by atoms with E-state index in [9.17, 15) is 0 Å². The minimum atomic E-state index is 0.878. The molecule has 0 aliphatic carbocycles. The molecule has 30 rings (SSSR count). The Labute approximate surface area is 829 Å². The molecule has 0 aliphatic heterocycles. The highest BCUT2D eigenvalue weighted by Crippen LogP contribution is 2.47. The molecule has 9 nitrogen and oxygen atoms in total. The van der Waals surface area contributed by atoms with Gasteiger partial charge in [0, 0.05) is 121 Å². The minimum absolute atomic E-state index is 0.878. The Morgan fingerprint density at radius 2 is 0.396 bits per heavy atom. The maximum absolute atomic E-state index is 5.14. The average molecular weight is 1840 g/mol. The molecule has 0 N–H and O–H groups in total. The van der Waals surface area contributed by atoms with Crippen LogP contribution in [0.3, 0.4) is 0 Å². The van der Waals surface area contributed by atoms with Gasteiger partial charge >= 0.3 is 0 Å². The van der Waals surface area contributed by atoms with Crippen molar-refractivity contribution < 1.29 is 0 Å². The lowest BCUT2D eigenvalue weighted by atomic mass is 9.93. The maximum Gasteiger partial charge on any atom is 0.0973 e. The van der Waals surface area contributed by atoms with Crippen molar-refractivity contribution in [3.63, 3.8) is 0 Å². The zero-order valence-electron chi connectivity index (χ0n) is 78.3. The van der Waals surface area contributed by atoms with Gasteiger partial charge in [-0.05, 0) is 226 Å². The van der Waals surface area contributed by atoms with Crippen molar-refractivity contribution in [2.45, 2.75) is 0 Å². The SMILES string of the molecule is c1ccc(-c2cc(-c3ccc(-n4c5ccccc5c5cc6c7ccccc7n(-c7ccccc7)c6cc54)cc3)nc3ccccc23)cc1.c1ccc(-c2cc(-c3cccc(-n4c5ccccc5c5cc6c7ccccc7n(-c7ccccc7)c6cc54)c3)cc3ccccc23)cc1.c1ccc(-c2nc3ccccc3nc2-c2ccc(-n3c4ccccc4c4cc5c6ccccc6n(-c6ccccc6)c5cc43)cc2)cc1. The summed E-state index contributed by atoms with van der Waals surface area (Å²) in [5, 5.41) is 18.7. The summed E-state index contributed by atoms with van der Waals surface area (Å²) < 4.78 is 14.4.